The van der Waals surface area contributed by atoms with Gasteiger partial charge in [-0.05, 0) is 18.2 Å². The van der Waals surface area contributed by atoms with E-state index in [0.29, 0.717) is 16.3 Å². The molecule has 0 aliphatic rings. The fraction of sp³-hybridized carbons (Fsp3) is 0.222. The number of hydrogen-bond acceptors (Lipinski definition) is 4. The van der Waals surface area contributed by atoms with E-state index in [2.05, 4.69) is 5.16 Å². The second-order valence-corrected chi connectivity index (χ2v) is 4.27. The van der Waals surface area contributed by atoms with Crippen molar-refractivity contribution in [3.63, 3.8) is 0 Å². The van der Waals surface area contributed by atoms with Crippen LogP contribution in [0.15, 0.2) is 28.3 Å². The first-order chi connectivity index (χ1) is 7.19. The topological polar surface area (TPSA) is 78.8 Å². The number of oxime groups is 1. The Morgan fingerprint density at radius 1 is 1.53 bits per heavy atom. The van der Waals surface area contributed by atoms with Gasteiger partial charge in [0, 0.05) is 16.2 Å². The zero-order valence-electron chi connectivity index (χ0n) is 7.85. The Labute approximate surface area is 96.7 Å². The highest BCUT2D eigenvalue weighted by Gasteiger charge is 2.06. The third-order valence-corrected chi connectivity index (χ3v) is 2.97. The first-order valence-electron chi connectivity index (χ1n) is 4.20. The van der Waals surface area contributed by atoms with E-state index in [1.165, 1.54) is 11.8 Å². The molecule has 0 unspecified atom stereocenters. The van der Waals surface area contributed by atoms with Gasteiger partial charge in [-0.1, -0.05) is 16.8 Å². The van der Waals surface area contributed by atoms with Gasteiger partial charge in [0.25, 0.3) is 0 Å². The monoisotopic (exact) mass is 246 g/mol. The Kier molecular flexibility index (Phi) is 4.74. The molecule has 1 aromatic rings. The van der Waals surface area contributed by atoms with Crippen LogP contribution in [-0.2, 0) is 0 Å². The molecule has 0 aromatic heterocycles. The van der Waals surface area contributed by atoms with Gasteiger partial charge in [0.05, 0.1) is 11.6 Å². The number of amidine groups is 1. The van der Waals surface area contributed by atoms with E-state index in [0.717, 1.165) is 4.90 Å². The molecule has 6 heteroatoms. The van der Waals surface area contributed by atoms with Gasteiger partial charge in [-0.2, -0.15) is 0 Å². The largest absolute Gasteiger partial charge is 0.409 e. The van der Waals surface area contributed by atoms with Crippen LogP contribution in [0.25, 0.3) is 0 Å². The highest BCUT2D eigenvalue weighted by atomic mass is 35.5. The van der Waals surface area contributed by atoms with E-state index < -0.39 is 0 Å². The minimum absolute atomic E-state index is 0.0151. The van der Waals surface area contributed by atoms with E-state index >= 15 is 0 Å². The average molecular weight is 247 g/mol. The second kappa shape index (κ2) is 5.85. The highest BCUT2D eigenvalue weighted by Crippen LogP contribution is 2.24. The molecular formula is C9H11ClN2O2S. The Morgan fingerprint density at radius 3 is 2.80 bits per heavy atom. The van der Waals surface area contributed by atoms with E-state index in [1.807, 2.05) is 0 Å². The maximum atomic E-state index is 8.65. The summed E-state index contributed by atoms with van der Waals surface area (Å²) in [7, 11) is 0. The molecule has 4 nitrogen and oxygen atoms in total. The number of hydrogen-bond donors (Lipinski definition) is 3. The van der Waals surface area contributed by atoms with Gasteiger partial charge in [-0.3, -0.25) is 0 Å². The maximum Gasteiger partial charge on any atom is 0.171 e. The van der Waals surface area contributed by atoms with E-state index in [4.69, 9.17) is 27.6 Å². The van der Waals surface area contributed by atoms with Crippen LogP contribution in [0.4, 0.5) is 0 Å². The Morgan fingerprint density at radius 2 is 2.27 bits per heavy atom. The first kappa shape index (κ1) is 12.2. The van der Waals surface area contributed by atoms with Gasteiger partial charge in [-0.25, -0.2) is 0 Å². The van der Waals surface area contributed by atoms with Gasteiger partial charge in [0.15, 0.2) is 5.84 Å². The molecule has 0 fully saturated rings. The van der Waals surface area contributed by atoms with Gasteiger partial charge >= 0.3 is 0 Å². The second-order valence-electron chi connectivity index (χ2n) is 2.70. The summed E-state index contributed by atoms with van der Waals surface area (Å²) in [6.07, 6.45) is 0. The van der Waals surface area contributed by atoms with Gasteiger partial charge in [0.2, 0.25) is 0 Å². The summed E-state index contributed by atoms with van der Waals surface area (Å²) in [6, 6.07) is 5.20. The zero-order valence-corrected chi connectivity index (χ0v) is 9.42. The smallest absolute Gasteiger partial charge is 0.171 e. The summed E-state index contributed by atoms with van der Waals surface area (Å²) < 4.78 is 0. The molecule has 0 saturated carbocycles. The fourth-order valence-corrected chi connectivity index (χ4v) is 2.05. The number of nitrogens with two attached hydrogens (primary N) is 1. The van der Waals surface area contributed by atoms with E-state index in [-0.39, 0.29) is 12.4 Å². The third-order valence-electron chi connectivity index (χ3n) is 1.68. The molecule has 4 N–H and O–H groups in total. The summed E-state index contributed by atoms with van der Waals surface area (Å²) in [6.45, 7) is 0.115. The first-order valence-corrected chi connectivity index (χ1v) is 5.56. The molecule has 0 saturated heterocycles. The van der Waals surface area contributed by atoms with E-state index in [9.17, 15) is 0 Å². The summed E-state index contributed by atoms with van der Waals surface area (Å²) in [4.78, 5) is 0.934. The summed E-state index contributed by atoms with van der Waals surface area (Å²) in [5.41, 5.74) is 5.91. The number of nitrogens with zero attached hydrogens (tertiary/aromatic N) is 1. The molecule has 0 bridgehead atoms. The molecule has 0 heterocycles. The number of thioether (sulfide) groups is 1. The molecule has 0 atom stereocenters. The molecular weight excluding hydrogens is 236 g/mol. The lowest BCUT2D eigenvalue weighted by Gasteiger charge is -2.04. The molecule has 15 heavy (non-hydrogen) atoms. The number of aliphatic hydroxyl groups excluding tert-OH is 1. The molecule has 0 aliphatic carbocycles. The van der Waals surface area contributed by atoms with Crippen molar-refractivity contribution in [2.24, 2.45) is 10.9 Å². The normalized spacial score (nSPS) is 11.7. The van der Waals surface area contributed by atoms with Crippen LogP contribution >= 0.6 is 23.4 Å². The molecule has 0 amide bonds. The average Bonchev–Trinajstić information content (AvgIpc) is 2.25. The molecule has 0 spiro atoms. The standard InChI is InChI=1S/C9H11ClN2O2S/c10-8-5-6(15-4-3-13)1-2-7(8)9(11)12-14/h1-2,5,13-14H,3-4H2,(H2,11,12). The van der Waals surface area contributed by atoms with Gasteiger partial charge in [-0.15, -0.1) is 11.8 Å². The molecule has 1 rings (SSSR count). The van der Waals surface area contributed by atoms with Crippen LogP contribution in [0.3, 0.4) is 0 Å². The predicted molar refractivity (Wildman–Crippen MR) is 61.8 cm³/mol. The van der Waals surface area contributed by atoms with Crippen molar-refractivity contribution in [2.45, 2.75) is 4.90 Å². The summed E-state index contributed by atoms with van der Waals surface area (Å²) >= 11 is 7.42. The number of halogens is 1. The van der Waals surface area contributed by atoms with Crippen molar-refractivity contribution in [1.82, 2.24) is 0 Å². The van der Waals surface area contributed by atoms with Crippen LogP contribution < -0.4 is 5.73 Å². The highest BCUT2D eigenvalue weighted by molar-refractivity contribution is 7.99. The van der Waals surface area contributed by atoms with Crippen molar-refractivity contribution in [3.8, 4) is 0 Å². The quantitative estimate of drug-likeness (QED) is 0.247. The fourth-order valence-electron chi connectivity index (χ4n) is 1.01. The van der Waals surface area contributed by atoms with Crippen molar-refractivity contribution in [2.75, 3.05) is 12.4 Å². The number of benzene rings is 1. The van der Waals surface area contributed by atoms with Crippen molar-refractivity contribution >= 4 is 29.2 Å². The van der Waals surface area contributed by atoms with Crippen molar-refractivity contribution in [3.05, 3.63) is 28.8 Å². The maximum absolute atomic E-state index is 8.65. The lowest BCUT2D eigenvalue weighted by atomic mass is 10.2. The van der Waals surface area contributed by atoms with Crippen molar-refractivity contribution < 1.29 is 10.3 Å². The Hall–Kier alpha value is -0.910. The number of rotatable bonds is 4. The Balaban J connectivity index is 2.88. The lowest BCUT2D eigenvalue weighted by Crippen LogP contribution is -2.13. The minimum Gasteiger partial charge on any atom is -0.409 e. The predicted octanol–water partition coefficient (Wildman–Crippen LogP) is 1.52. The van der Waals surface area contributed by atoms with Crippen LogP contribution in [0.1, 0.15) is 5.56 Å². The van der Waals surface area contributed by atoms with Gasteiger partial charge < -0.3 is 16.0 Å². The summed E-state index contributed by atoms with van der Waals surface area (Å²) in [5.74, 6) is 0.595. The molecule has 1 aromatic carbocycles. The van der Waals surface area contributed by atoms with Crippen LogP contribution in [0, 0.1) is 0 Å². The van der Waals surface area contributed by atoms with Gasteiger partial charge in [0.1, 0.15) is 0 Å². The Bertz CT molecular complexity index is 371. The van der Waals surface area contributed by atoms with Crippen molar-refractivity contribution in [1.29, 1.82) is 0 Å². The lowest BCUT2D eigenvalue weighted by molar-refractivity contribution is 0.318. The molecule has 0 radical (unpaired) electrons. The minimum atomic E-state index is -0.0151. The van der Waals surface area contributed by atoms with Crippen LogP contribution in [-0.4, -0.2) is 28.5 Å². The third kappa shape index (κ3) is 3.30. The van der Waals surface area contributed by atoms with E-state index in [1.54, 1.807) is 18.2 Å². The zero-order chi connectivity index (χ0) is 11.3. The molecule has 0 aliphatic heterocycles. The van der Waals surface area contributed by atoms with Crippen LogP contribution in [0.2, 0.25) is 5.02 Å². The molecule has 82 valence electrons. The summed E-state index contributed by atoms with van der Waals surface area (Å²) in [5, 5.41) is 20.4. The SMILES string of the molecule is NC(=NO)c1ccc(SCCO)cc1Cl. The number of aliphatic hydroxyl groups is 1. The van der Waals surface area contributed by atoms with Crippen LogP contribution in [0.5, 0.6) is 0 Å².